The first-order chi connectivity index (χ1) is 15.3. The molecule has 0 saturated heterocycles. The summed E-state index contributed by atoms with van der Waals surface area (Å²) in [5.41, 5.74) is 4.31. The molecule has 0 unspecified atom stereocenters. The smallest absolute Gasteiger partial charge is 0.198 e. The number of halogens is 3. The van der Waals surface area contributed by atoms with E-state index in [9.17, 15) is 4.79 Å². The van der Waals surface area contributed by atoms with E-state index in [4.69, 9.17) is 39.8 Å². The zero-order valence-corrected chi connectivity index (χ0v) is 20.7. The lowest BCUT2D eigenvalue weighted by molar-refractivity contribution is 0.403. The molecule has 1 aliphatic rings. The predicted octanol–water partition coefficient (Wildman–Crippen LogP) is 6.21. The molecule has 168 valence electrons. The summed E-state index contributed by atoms with van der Waals surface area (Å²) >= 11 is 18.7. The van der Waals surface area contributed by atoms with Crippen LogP contribution in [0.5, 0.6) is 0 Å². The quantitative estimate of drug-likeness (QED) is 0.433. The topological polar surface area (TPSA) is 48.5 Å². The minimum absolute atomic E-state index is 0.0120. The molecule has 1 aliphatic carbocycles. The van der Waals surface area contributed by atoms with Gasteiger partial charge < -0.3 is 9.88 Å². The molecule has 0 amide bonds. The molecule has 1 aromatic heterocycles. The number of rotatable bonds is 5. The van der Waals surface area contributed by atoms with Gasteiger partial charge >= 0.3 is 0 Å². The van der Waals surface area contributed by atoms with Crippen LogP contribution in [0.3, 0.4) is 0 Å². The lowest BCUT2D eigenvalue weighted by atomic mass is 9.73. The molecule has 0 fully saturated rings. The van der Waals surface area contributed by atoms with Gasteiger partial charge in [-0.3, -0.25) is 9.79 Å². The number of hydrogen-bond donors (Lipinski definition) is 1. The summed E-state index contributed by atoms with van der Waals surface area (Å²) in [6.45, 7) is 3.75. The first kappa shape index (κ1) is 23.3. The van der Waals surface area contributed by atoms with Gasteiger partial charge in [0.2, 0.25) is 0 Å². The predicted molar refractivity (Wildman–Crippen MR) is 136 cm³/mol. The van der Waals surface area contributed by atoms with Gasteiger partial charge in [0.25, 0.3) is 0 Å². The van der Waals surface area contributed by atoms with Crippen LogP contribution in [0, 0.1) is 5.92 Å². The Morgan fingerprint density at radius 2 is 1.88 bits per heavy atom. The van der Waals surface area contributed by atoms with E-state index in [0.717, 1.165) is 35.5 Å². The van der Waals surface area contributed by atoms with Crippen molar-refractivity contribution in [2.45, 2.75) is 25.7 Å². The Kier molecular flexibility index (Phi) is 6.97. The summed E-state index contributed by atoms with van der Waals surface area (Å²) in [7, 11) is 4.10. The average molecular weight is 491 g/mol. The van der Waals surface area contributed by atoms with E-state index in [0.29, 0.717) is 39.0 Å². The number of fused-ring (bicyclic) bond motifs is 2. The molecule has 1 heterocycles. The maximum atomic E-state index is 13.6. The van der Waals surface area contributed by atoms with Crippen molar-refractivity contribution < 1.29 is 0 Å². The first-order valence-electron chi connectivity index (χ1n) is 10.7. The maximum absolute atomic E-state index is 13.6. The Hall–Kier alpha value is -1.85. The number of nitrogens with one attached hydrogen (secondary N) is 1. The van der Waals surface area contributed by atoms with Crippen molar-refractivity contribution in [3.05, 3.63) is 78.5 Å². The van der Waals surface area contributed by atoms with Gasteiger partial charge in [0.05, 0.1) is 21.3 Å². The molecule has 0 saturated carbocycles. The lowest BCUT2D eigenvalue weighted by Gasteiger charge is -2.32. The third-order valence-corrected chi connectivity index (χ3v) is 7.15. The van der Waals surface area contributed by atoms with Crippen LogP contribution in [0.2, 0.25) is 15.1 Å². The number of H-pyrrole nitrogens is 1. The van der Waals surface area contributed by atoms with Crippen molar-refractivity contribution in [3.63, 3.8) is 0 Å². The van der Waals surface area contributed by atoms with Gasteiger partial charge in [0, 0.05) is 34.1 Å². The maximum Gasteiger partial charge on any atom is 0.198 e. The number of benzene rings is 2. The molecule has 2 aromatic carbocycles. The highest BCUT2D eigenvalue weighted by Crippen LogP contribution is 2.38. The van der Waals surface area contributed by atoms with Crippen LogP contribution in [0.1, 0.15) is 36.1 Å². The highest BCUT2D eigenvalue weighted by molar-refractivity contribution is 6.42. The number of hydrogen-bond acceptors (Lipinski definition) is 3. The van der Waals surface area contributed by atoms with E-state index in [1.54, 1.807) is 12.1 Å². The van der Waals surface area contributed by atoms with Crippen LogP contribution in [0.4, 0.5) is 0 Å². The second-order valence-corrected chi connectivity index (χ2v) is 9.95. The normalized spacial score (nSPS) is 19.7. The molecule has 7 heteroatoms. The molecule has 1 N–H and O–H groups in total. The second kappa shape index (κ2) is 9.56. The minimum atomic E-state index is -0.0120. The molecule has 3 aromatic rings. The highest BCUT2D eigenvalue weighted by Gasteiger charge is 2.34. The fraction of sp³-hybridized carbons (Fsp3) is 0.360. The molecule has 0 radical (unpaired) electrons. The van der Waals surface area contributed by atoms with Crippen LogP contribution >= 0.6 is 34.8 Å². The van der Waals surface area contributed by atoms with E-state index in [-0.39, 0.29) is 17.3 Å². The molecule has 4 rings (SSSR count). The van der Waals surface area contributed by atoms with E-state index in [1.807, 2.05) is 38.4 Å². The number of nitrogens with zero attached hydrogens (tertiary/aromatic N) is 2. The first-order valence-corrected chi connectivity index (χ1v) is 11.9. The van der Waals surface area contributed by atoms with Gasteiger partial charge in [-0.05, 0) is 75.3 Å². The zero-order chi connectivity index (χ0) is 23.0. The third-order valence-electron chi connectivity index (χ3n) is 6.17. The van der Waals surface area contributed by atoms with Crippen molar-refractivity contribution in [2.75, 3.05) is 27.2 Å². The van der Waals surface area contributed by atoms with Gasteiger partial charge in [0.1, 0.15) is 0 Å². The van der Waals surface area contributed by atoms with Crippen molar-refractivity contribution >= 4 is 51.4 Å². The van der Waals surface area contributed by atoms with Crippen molar-refractivity contribution in [2.24, 2.45) is 10.9 Å². The fourth-order valence-electron chi connectivity index (χ4n) is 4.51. The molecule has 32 heavy (non-hydrogen) atoms. The van der Waals surface area contributed by atoms with Gasteiger partial charge in [-0.1, -0.05) is 47.8 Å². The third kappa shape index (κ3) is 4.60. The van der Waals surface area contributed by atoms with Crippen molar-refractivity contribution in [3.8, 4) is 0 Å². The van der Waals surface area contributed by atoms with Gasteiger partial charge in [-0.25, -0.2) is 0 Å². The summed E-state index contributed by atoms with van der Waals surface area (Å²) in [5.74, 6) is 0.182. The molecular weight excluding hydrogens is 465 g/mol. The molecular formula is C25H26Cl3N3O. The van der Waals surface area contributed by atoms with E-state index in [1.165, 1.54) is 0 Å². The molecule has 2 atom stereocenters. The minimum Gasteiger partial charge on any atom is -0.358 e. The second-order valence-electron chi connectivity index (χ2n) is 8.69. The SMILES string of the molecule is C[C@@H]1C(=NCCCN(C)C)c2c([nH]c3ccc(Cl)cc3c2=O)C[C@@H]1c1ccc(Cl)c(Cl)c1. The number of aliphatic imine (C=N–C) groups is 1. The highest BCUT2D eigenvalue weighted by atomic mass is 35.5. The zero-order valence-electron chi connectivity index (χ0n) is 18.4. The van der Waals surface area contributed by atoms with E-state index >= 15 is 0 Å². The monoisotopic (exact) mass is 489 g/mol. The number of pyridine rings is 1. The Morgan fingerprint density at radius 1 is 1.09 bits per heavy atom. The van der Waals surface area contributed by atoms with E-state index < -0.39 is 0 Å². The molecule has 4 nitrogen and oxygen atoms in total. The Balaban J connectivity index is 1.85. The Morgan fingerprint density at radius 3 is 2.59 bits per heavy atom. The standard InChI is InChI=1S/C25H26Cl3N3O/c1-14-17(15-5-7-19(27)20(28)11-15)13-22-23(24(14)29-9-4-10-31(2)3)25(32)18-12-16(26)6-8-21(18)30-22/h5-8,11-12,14,17H,4,9-10,13H2,1-3H3,(H,30,32)/t14-,17-/m0/s1. The van der Waals surface area contributed by atoms with Crippen LogP contribution < -0.4 is 5.43 Å². The van der Waals surface area contributed by atoms with Crippen molar-refractivity contribution in [1.82, 2.24) is 9.88 Å². The summed E-state index contributed by atoms with van der Waals surface area (Å²) < 4.78 is 0. The Bertz CT molecular complexity index is 1250. The summed E-state index contributed by atoms with van der Waals surface area (Å²) in [4.78, 5) is 24.2. The van der Waals surface area contributed by atoms with E-state index in [2.05, 4.69) is 16.8 Å². The van der Waals surface area contributed by atoms with Gasteiger partial charge in [-0.15, -0.1) is 0 Å². The van der Waals surface area contributed by atoms with Crippen LogP contribution in [0.25, 0.3) is 10.9 Å². The largest absolute Gasteiger partial charge is 0.358 e. The summed E-state index contributed by atoms with van der Waals surface area (Å²) in [6.07, 6.45) is 1.62. The van der Waals surface area contributed by atoms with Gasteiger partial charge in [0.15, 0.2) is 5.43 Å². The lowest BCUT2D eigenvalue weighted by Crippen LogP contribution is -2.35. The number of aromatic amines is 1. The molecule has 0 aliphatic heterocycles. The van der Waals surface area contributed by atoms with Crippen LogP contribution in [-0.2, 0) is 6.42 Å². The summed E-state index contributed by atoms with van der Waals surface area (Å²) in [6, 6.07) is 11.2. The molecule has 0 spiro atoms. The van der Waals surface area contributed by atoms with Gasteiger partial charge in [-0.2, -0.15) is 0 Å². The van der Waals surface area contributed by atoms with Crippen LogP contribution in [0.15, 0.2) is 46.2 Å². The summed E-state index contributed by atoms with van der Waals surface area (Å²) in [5, 5.41) is 2.21. The number of aromatic nitrogens is 1. The van der Waals surface area contributed by atoms with Crippen molar-refractivity contribution in [1.29, 1.82) is 0 Å². The fourth-order valence-corrected chi connectivity index (χ4v) is 4.99. The molecule has 0 bridgehead atoms. The van der Waals surface area contributed by atoms with Crippen LogP contribution in [-0.4, -0.2) is 42.8 Å². The average Bonchev–Trinajstić information content (AvgIpc) is 2.75. The Labute approximate surface area is 203 Å².